The number of hydrogen-bond acceptors (Lipinski definition) is 2. The van der Waals surface area contributed by atoms with Gasteiger partial charge in [-0.15, -0.1) is 0 Å². The van der Waals surface area contributed by atoms with Gasteiger partial charge in [-0.2, -0.15) is 0 Å². The highest BCUT2D eigenvalue weighted by Crippen LogP contribution is 2.29. The van der Waals surface area contributed by atoms with Crippen LogP contribution >= 0.6 is 0 Å². The van der Waals surface area contributed by atoms with E-state index in [0.717, 1.165) is 0 Å². The van der Waals surface area contributed by atoms with Gasteiger partial charge in [0.05, 0.1) is 0 Å². The number of nitrogens with one attached hydrogen (secondary N) is 2. The summed E-state index contributed by atoms with van der Waals surface area (Å²) in [5, 5.41) is 2.77. The third-order valence-electron chi connectivity index (χ3n) is 3.18. The summed E-state index contributed by atoms with van der Waals surface area (Å²) in [7, 11) is 0. The van der Waals surface area contributed by atoms with Crippen LogP contribution in [-0.4, -0.2) is 12.6 Å². The first kappa shape index (κ1) is 14.5. The molecule has 0 heterocycles. The summed E-state index contributed by atoms with van der Waals surface area (Å²) in [5.41, 5.74) is 7.00. The smallest absolute Gasteiger partial charge is 0.328 e. The van der Waals surface area contributed by atoms with Gasteiger partial charge in [0.2, 0.25) is 0 Å². The van der Waals surface area contributed by atoms with E-state index in [2.05, 4.69) is 57.5 Å². The summed E-state index contributed by atoms with van der Waals surface area (Å²) < 4.78 is 0. The average Bonchev–Trinajstić information content (AvgIpc) is 2.24. The van der Waals surface area contributed by atoms with E-state index >= 15 is 0 Å². The fraction of sp³-hybridized carbons (Fsp3) is 0.500. The van der Waals surface area contributed by atoms with Gasteiger partial charge >= 0.3 is 6.03 Å². The van der Waals surface area contributed by atoms with Gasteiger partial charge in [-0.25, -0.2) is 10.6 Å². The Morgan fingerprint density at radius 3 is 2.17 bits per heavy atom. The number of carbonyl (C=O) groups excluding carboxylic acids is 1. The van der Waals surface area contributed by atoms with E-state index in [1.807, 2.05) is 0 Å². The molecule has 0 saturated heterocycles. The van der Waals surface area contributed by atoms with Crippen molar-refractivity contribution in [3.8, 4) is 0 Å². The Balaban J connectivity index is 3.01. The summed E-state index contributed by atoms with van der Waals surface area (Å²) in [4.78, 5) is 11.2. The molecular formula is C14H23N3O. The van der Waals surface area contributed by atoms with Crippen LogP contribution in [0.5, 0.6) is 0 Å². The van der Waals surface area contributed by atoms with Gasteiger partial charge in [0.25, 0.3) is 0 Å². The van der Waals surface area contributed by atoms with Gasteiger partial charge in [-0.1, -0.05) is 31.5 Å². The Bertz CT molecular complexity index is 429. The van der Waals surface area contributed by atoms with Crippen LogP contribution in [0.25, 0.3) is 0 Å². The van der Waals surface area contributed by atoms with Gasteiger partial charge < -0.3 is 5.32 Å². The molecule has 4 heteroatoms. The van der Waals surface area contributed by atoms with Crippen molar-refractivity contribution in [1.82, 2.24) is 10.7 Å². The number of hydrogen-bond donors (Lipinski definition) is 3. The number of rotatable bonds is 3. The van der Waals surface area contributed by atoms with Crippen molar-refractivity contribution < 1.29 is 4.79 Å². The van der Waals surface area contributed by atoms with Crippen molar-refractivity contribution in [2.75, 3.05) is 6.54 Å². The molecule has 0 bridgehead atoms. The maximum absolute atomic E-state index is 11.2. The third-order valence-corrected chi connectivity index (χ3v) is 3.18. The van der Waals surface area contributed by atoms with Crippen LogP contribution in [0.3, 0.4) is 0 Å². The van der Waals surface area contributed by atoms with Crippen LogP contribution in [-0.2, 0) is 5.41 Å². The molecule has 2 amide bonds. The predicted octanol–water partition coefficient (Wildman–Crippen LogP) is 2.06. The number of carbonyl (C=O) groups is 1. The fourth-order valence-electron chi connectivity index (χ4n) is 2.69. The topological polar surface area (TPSA) is 67.2 Å². The van der Waals surface area contributed by atoms with Crippen LogP contribution in [0.1, 0.15) is 36.1 Å². The molecule has 0 atom stereocenters. The molecule has 4 N–H and O–H groups in total. The monoisotopic (exact) mass is 249 g/mol. The molecule has 1 aromatic carbocycles. The minimum Gasteiger partial charge on any atom is -0.336 e. The highest BCUT2D eigenvalue weighted by molar-refractivity contribution is 5.73. The van der Waals surface area contributed by atoms with E-state index in [1.165, 1.54) is 22.3 Å². The summed E-state index contributed by atoms with van der Waals surface area (Å²) in [6.07, 6.45) is 0. The number of nitrogens with two attached hydrogens (primary N) is 1. The Kier molecular flexibility index (Phi) is 4.35. The summed E-state index contributed by atoms with van der Waals surface area (Å²) >= 11 is 0. The molecule has 1 aromatic rings. The van der Waals surface area contributed by atoms with Gasteiger partial charge in [0.15, 0.2) is 0 Å². The predicted molar refractivity (Wildman–Crippen MR) is 74.4 cm³/mol. The zero-order valence-electron chi connectivity index (χ0n) is 11.8. The van der Waals surface area contributed by atoms with E-state index in [-0.39, 0.29) is 11.4 Å². The number of aryl methyl sites for hydroxylation is 3. The van der Waals surface area contributed by atoms with Crippen LogP contribution in [0, 0.1) is 20.8 Å². The molecule has 0 aromatic heterocycles. The maximum Gasteiger partial charge on any atom is 0.328 e. The van der Waals surface area contributed by atoms with Crippen LogP contribution in [0.2, 0.25) is 0 Å². The second-order valence-electron chi connectivity index (χ2n) is 5.48. The molecule has 0 spiro atoms. The van der Waals surface area contributed by atoms with Gasteiger partial charge in [-0.3, -0.25) is 5.43 Å². The largest absolute Gasteiger partial charge is 0.336 e. The second-order valence-corrected chi connectivity index (χ2v) is 5.48. The first-order valence-corrected chi connectivity index (χ1v) is 6.10. The van der Waals surface area contributed by atoms with E-state index < -0.39 is 0 Å². The lowest BCUT2D eigenvalue weighted by atomic mass is 9.79. The quantitative estimate of drug-likeness (QED) is 0.436. The summed E-state index contributed by atoms with van der Waals surface area (Å²) in [6, 6.07) is 3.99. The van der Waals surface area contributed by atoms with Crippen molar-refractivity contribution in [2.45, 2.75) is 40.0 Å². The number of amides is 2. The van der Waals surface area contributed by atoms with Crippen molar-refractivity contribution >= 4 is 6.03 Å². The normalized spacial score (nSPS) is 11.2. The van der Waals surface area contributed by atoms with Crippen LogP contribution in [0.15, 0.2) is 12.1 Å². The molecule has 4 nitrogen and oxygen atoms in total. The zero-order valence-corrected chi connectivity index (χ0v) is 11.8. The van der Waals surface area contributed by atoms with E-state index in [4.69, 9.17) is 5.84 Å². The number of urea groups is 1. The highest BCUT2D eigenvalue weighted by Gasteiger charge is 2.25. The lowest BCUT2D eigenvalue weighted by molar-refractivity contribution is 0.238. The number of benzene rings is 1. The van der Waals surface area contributed by atoms with Gasteiger partial charge in [-0.05, 0) is 37.5 Å². The van der Waals surface area contributed by atoms with Crippen molar-refractivity contribution in [3.05, 3.63) is 34.4 Å². The molecular weight excluding hydrogens is 226 g/mol. The molecule has 0 radical (unpaired) electrons. The van der Waals surface area contributed by atoms with E-state index in [1.54, 1.807) is 0 Å². The second kappa shape index (κ2) is 5.40. The average molecular weight is 249 g/mol. The van der Waals surface area contributed by atoms with E-state index in [9.17, 15) is 4.79 Å². The first-order chi connectivity index (χ1) is 8.27. The van der Waals surface area contributed by atoms with Gasteiger partial charge in [0.1, 0.15) is 0 Å². The van der Waals surface area contributed by atoms with Crippen molar-refractivity contribution in [1.29, 1.82) is 0 Å². The SMILES string of the molecule is Cc1cc(C)c(C(C)(C)CNC(=O)NN)c(C)c1. The lowest BCUT2D eigenvalue weighted by Crippen LogP contribution is -2.45. The minimum atomic E-state index is -0.356. The molecule has 0 aliphatic heterocycles. The van der Waals surface area contributed by atoms with Gasteiger partial charge in [0, 0.05) is 12.0 Å². The fourth-order valence-corrected chi connectivity index (χ4v) is 2.69. The first-order valence-electron chi connectivity index (χ1n) is 6.10. The Morgan fingerprint density at radius 1 is 1.22 bits per heavy atom. The molecule has 0 aliphatic carbocycles. The standard InChI is InChI=1S/C14H23N3O/c1-9-6-10(2)12(11(3)7-9)14(4,5)8-16-13(18)17-15/h6-7H,8,15H2,1-5H3,(H2,16,17,18). The Labute approximate surface area is 109 Å². The van der Waals surface area contributed by atoms with Crippen molar-refractivity contribution in [2.24, 2.45) is 5.84 Å². The molecule has 18 heavy (non-hydrogen) atoms. The molecule has 0 unspecified atom stereocenters. The molecule has 0 fully saturated rings. The lowest BCUT2D eigenvalue weighted by Gasteiger charge is -2.29. The van der Waals surface area contributed by atoms with Crippen LogP contribution in [0.4, 0.5) is 4.79 Å². The molecule has 0 aliphatic rings. The Hall–Kier alpha value is -1.55. The molecule has 0 saturated carbocycles. The maximum atomic E-state index is 11.2. The minimum absolute atomic E-state index is 0.131. The molecule has 1 rings (SSSR count). The van der Waals surface area contributed by atoms with Crippen molar-refractivity contribution in [3.63, 3.8) is 0 Å². The zero-order chi connectivity index (χ0) is 13.9. The number of hydrazine groups is 1. The molecule has 100 valence electrons. The summed E-state index contributed by atoms with van der Waals surface area (Å²) in [5.74, 6) is 5.06. The van der Waals surface area contributed by atoms with E-state index in [0.29, 0.717) is 6.54 Å². The van der Waals surface area contributed by atoms with Crippen LogP contribution < -0.4 is 16.6 Å². The Morgan fingerprint density at radius 2 is 1.72 bits per heavy atom. The third kappa shape index (κ3) is 3.23. The summed E-state index contributed by atoms with van der Waals surface area (Å²) in [6.45, 7) is 11.1. The highest BCUT2D eigenvalue weighted by atomic mass is 16.2.